The molecule has 0 saturated carbocycles. The number of phenols is 3. The lowest BCUT2D eigenvalue weighted by Crippen LogP contribution is -2.25. The van der Waals surface area contributed by atoms with Crippen molar-refractivity contribution in [1.29, 1.82) is 0 Å². The molecular formula is C12H19NO3. The molecule has 16 heavy (non-hydrogen) atoms. The number of aromatic hydroxyl groups is 3. The van der Waals surface area contributed by atoms with Gasteiger partial charge in [0.2, 0.25) is 5.75 Å². The monoisotopic (exact) mass is 225 g/mol. The highest BCUT2D eigenvalue weighted by atomic mass is 16.3. The van der Waals surface area contributed by atoms with E-state index in [-0.39, 0.29) is 11.5 Å². The largest absolute Gasteiger partial charge is 0.504 e. The van der Waals surface area contributed by atoms with Gasteiger partial charge in [0, 0.05) is 18.2 Å². The zero-order valence-corrected chi connectivity index (χ0v) is 9.70. The van der Waals surface area contributed by atoms with Crippen molar-refractivity contribution in [3.8, 4) is 17.2 Å². The lowest BCUT2D eigenvalue weighted by atomic mass is 10.1. The van der Waals surface area contributed by atoms with Crippen molar-refractivity contribution in [1.82, 2.24) is 5.32 Å². The van der Waals surface area contributed by atoms with Crippen molar-refractivity contribution in [2.24, 2.45) is 0 Å². The van der Waals surface area contributed by atoms with E-state index in [4.69, 9.17) is 5.11 Å². The summed E-state index contributed by atoms with van der Waals surface area (Å²) in [4.78, 5) is 0. The van der Waals surface area contributed by atoms with Gasteiger partial charge < -0.3 is 20.6 Å². The number of hydrogen-bond acceptors (Lipinski definition) is 4. The molecule has 0 radical (unpaired) electrons. The Bertz CT molecular complexity index is 352. The summed E-state index contributed by atoms with van der Waals surface area (Å²) in [7, 11) is 0. The summed E-state index contributed by atoms with van der Waals surface area (Å²) in [5.74, 6) is -1.01. The highest BCUT2D eigenvalue weighted by molar-refractivity contribution is 5.52. The van der Waals surface area contributed by atoms with Crippen molar-refractivity contribution in [2.75, 3.05) is 0 Å². The fraction of sp³-hybridized carbons (Fsp3) is 0.500. The van der Waals surface area contributed by atoms with E-state index in [1.807, 2.05) is 0 Å². The van der Waals surface area contributed by atoms with Crippen LogP contribution in [0.1, 0.15) is 32.3 Å². The second-order valence-electron chi connectivity index (χ2n) is 4.01. The molecule has 4 heteroatoms. The maximum absolute atomic E-state index is 9.57. The van der Waals surface area contributed by atoms with Crippen molar-refractivity contribution in [2.45, 2.75) is 39.3 Å². The Morgan fingerprint density at radius 1 is 1.19 bits per heavy atom. The third kappa shape index (κ3) is 3.03. The molecule has 0 aliphatic carbocycles. The second-order valence-corrected chi connectivity index (χ2v) is 4.01. The molecule has 4 N–H and O–H groups in total. The van der Waals surface area contributed by atoms with Gasteiger partial charge in [0.25, 0.3) is 0 Å². The van der Waals surface area contributed by atoms with E-state index in [1.165, 1.54) is 6.07 Å². The minimum atomic E-state index is -0.456. The summed E-state index contributed by atoms with van der Waals surface area (Å²) in [6.45, 7) is 4.66. The van der Waals surface area contributed by atoms with Crippen molar-refractivity contribution < 1.29 is 15.3 Å². The maximum atomic E-state index is 9.57. The third-order valence-electron chi connectivity index (χ3n) is 2.58. The van der Waals surface area contributed by atoms with Crippen molar-refractivity contribution in [3.05, 3.63) is 17.7 Å². The van der Waals surface area contributed by atoms with Crippen LogP contribution in [0.4, 0.5) is 0 Å². The van der Waals surface area contributed by atoms with Gasteiger partial charge in [-0.2, -0.15) is 0 Å². The normalized spacial score (nSPS) is 12.6. The van der Waals surface area contributed by atoms with Gasteiger partial charge in [-0.25, -0.2) is 0 Å². The van der Waals surface area contributed by atoms with Gasteiger partial charge >= 0.3 is 0 Å². The van der Waals surface area contributed by atoms with Crippen LogP contribution in [0.3, 0.4) is 0 Å². The van der Waals surface area contributed by atoms with E-state index in [2.05, 4.69) is 19.2 Å². The van der Waals surface area contributed by atoms with E-state index >= 15 is 0 Å². The lowest BCUT2D eigenvalue weighted by molar-refractivity contribution is 0.363. The Hall–Kier alpha value is -1.42. The Kier molecular flexibility index (Phi) is 4.43. The minimum absolute atomic E-state index is 0.254. The maximum Gasteiger partial charge on any atom is 0.200 e. The molecule has 0 fully saturated rings. The molecule has 1 aromatic rings. The van der Waals surface area contributed by atoms with Crippen LogP contribution in [-0.4, -0.2) is 21.4 Å². The molecule has 1 rings (SSSR count). The first-order valence-electron chi connectivity index (χ1n) is 5.52. The molecule has 1 unspecified atom stereocenters. The topological polar surface area (TPSA) is 72.7 Å². The Morgan fingerprint density at radius 2 is 1.88 bits per heavy atom. The Balaban J connectivity index is 2.64. The van der Waals surface area contributed by atoms with Gasteiger partial charge in [0.15, 0.2) is 11.5 Å². The van der Waals surface area contributed by atoms with Crippen LogP contribution in [0.15, 0.2) is 12.1 Å². The Morgan fingerprint density at radius 3 is 2.50 bits per heavy atom. The highest BCUT2D eigenvalue weighted by Crippen LogP contribution is 2.36. The molecule has 1 atom stereocenters. The van der Waals surface area contributed by atoms with E-state index < -0.39 is 5.75 Å². The van der Waals surface area contributed by atoms with Gasteiger partial charge in [-0.1, -0.05) is 19.4 Å². The summed E-state index contributed by atoms with van der Waals surface area (Å²) in [6.07, 6.45) is 2.16. The fourth-order valence-electron chi connectivity index (χ4n) is 1.57. The average Bonchev–Trinajstić information content (AvgIpc) is 2.25. The van der Waals surface area contributed by atoms with Crippen LogP contribution in [0.2, 0.25) is 0 Å². The summed E-state index contributed by atoms with van der Waals surface area (Å²) >= 11 is 0. The number of hydrogen-bond donors (Lipinski definition) is 4. The molecular weight excluding hydrogens is 206 g/mol. The van der Waals surface area contributed by atoms with Gasteiger partial charge in [0.1, 0.15) is 0 Å². The standard InChI is InChI=1S/C12H19NO3/c1-3-4-8(2)13-7-9-5-6-10(14)12(16)11(9)15/h5-6,8,13-16H,3-4,7H2,1-2H3. The zero-order valence-electron chi connectivity index (χ0n) is 9.70. The summed E-state index contributed by atoms with van der Waals surface area (Å²) in [6, 6.07) is 3.33. The molecule has 0 aromatic heterocycles. The molecule has 0 amide bonds. The molecule has 0 spiro atoms. The quantitative estimate of drug-likeness (QED) is 0.579. The van der Waals surface area contributed by atoms with Crippen LogP contribution in [-0.2, 0) is 6.54 Å². The molecule has 90 valence electrons. The number of nitrogens with one attached hydrogen (secondary N) is 1. The van der Waals surface area contributed by atoms with E-state index in [9.17, 15) is 10.2 Å². The Labute approximate surface area is 95.6 Å². The van der Waals surface area contributed by atoms with Crippen LogP contribution in [0, 0.1) is 0 Å². The molecule has 0 bridgehead atoms. The number of phenolic OH excluding ortho intramolecular Hbond substituents is 3. The molecule has 0 saturated heterocycles. The van der Waals surface area contributed by atoms with Gasteiger partial charge in [-0.3, -0.25) is 0 Å². The number of benzene rings is 1. The average molecular weight is 225 g/mol. The minimum Gasteiger partial charge on any atom is -0.504 e. The summed E-state index contributed by atoms with van der Waals surface area (Å²) in [5.41, 5.74) is 0.582. The van der Waals surface area contributed by atoms with Crippen LogP contribution < -0.4 is 5.32 Å². The molecule has 4 nitrogen and oxygen atoms in total. The molecule has 0 aliphatic heterocycles. The first-order chi connectivity index (χ1) is 7.56. The lowest BCUT2D eigenvalue weighted by Gasteiger charge is -2.14. The van der Waals surface area contributed by atoms with Gasteiger partial charge in [0.05, 0.1) is 0 Å². The van der Waals surface area contributed by atoms with Crippen LogP contribution in [0.25, 0.3) is 0 Å². The van der Waals surface area contributed by atoms with Crippen molar-refractivity contribution in [3.63, 3.8) is 0 Å². The van der Waals surface area contributed by atoms with Gasteiger partial charge in [-0.05, 0) is 19.4 Å². The highest BCUT2D eigenvalue weighted by Gasteiger charge is 2.11. The predicted octanol–water partition coefficient (Wildman–Crippen LogP) is 2.08. The van der Waals surface area contributed by atoms with E-state index in [1.54, 1.807) is 6.07 Å². The molecule has 0 aliphatic rings. The zero-order chi connectivity index (χ0) is 12.1. The molecule has 0 heterocycles. The summed E-state index contributed by atoms with van der Waals surface area (Å²) in [5, 5.41) is 31.3. The fourth-order valence-corrected chi connectivity index (χ4v) is 1.57. The molecule has 1 aromatic carbocycles. The second kappa shape index (κ2) is 5.61. The first kappa shape index (κ1) is 12.6. The smallest absolute Gasteiger partial charge is 0.200 e. The van der Waals surface area contributed by atoms with Crippen LogP contribution >= 0.6 is 0 Å². The SMILES string of the molecule is CCCC(C)NCc1ccc(O)c(O)c1O. The van der Waals surface area contributed by atoms with E-state index in [0.29, 0.717) is 18.2 Å². The first-order valence-corrected chi connectivity index (χ1v) is 5.52. The van der Waals surface area contributed by atoms with Gasteiger partial charge in [-0.15, -0.1) is 0 Å². The predicted molar refractivity (Wildman–Crippen MR) is 62.6 cm³/mol. The van der Waals surface area contributed by atoms with Crippen LogP contribution in [0.5, 0.6) is 17.2 Å². The summed E-state index contributed by atoms with van der Waals surface area (Å²) < 4.78 is 0. The van der Waals surface area contributed by atoms with Crippen molar-refractivity contribution >= 4 is 0 Å². The number of rotatable bonds is 5. The van der Waals surface area contributed by atoms with E-state index in [0.717, 1.165) is 12.8 Å². The third-order valence-corrected chi connectivity index (χ3v) is 2.58.